The number of hydrogen-bond acceptors (Lipinski definition) is 2. The van der Waals surface area contributed by atoms with Gasteiger partial charge in [-0.05, 0) is 31.2 Å². The Morgan fingerprint density at radius 2 is 2.00 bits per heavy atom. The molecule has 1 heterocycles. The highest BCUT2D eigenvalue weighted by molar-refractivity contribution is 6.30. The maximum absolute atomic E-state index is 12.9. The fourth-order valence-electron chi connectivity index (χ4n) is 1.87. The third-order valence-corrected chi connectivity index (χ3v) is 3.00. The smallest absolute Gasteiger partial charge is 0.320 e. The summed E-state index contributed by atoms with van der Waals surface area (Å²) >= 11 is 5.58. The number of carbonyl (C=O) groups is 1. The molecule has 0 aliphatic carbocycles. The minimum Gasteiger partial charge on any atom is -0.320 e. The fraction of sp³-hybridized carbons (Fsp3) is 0.231. The molecule has 21 heavy (non-hydrogen) atoms. The average Bonchev–Trinajstić information content (AvgIpc) is 2.69. The Hall–Kier alpha value is -2.02. The third-order valence-electron chi connectivity index (χ3n) is 2.77. The first-order valence-corrected chi connectivity index (χ1v) is 6.25. The van der Waals surface area contributed by atoms with Gasteiger partial charge in [0, 0.05) is 12.1 Å². The Labute approximate surface area is 123 Å². The summed E-state index contributed by atoms with van der Waals surface area (Å²) in [6.45, 7) is 1.68. The molecule has 2 rings (SSSR count). The van der Waals surface area contributed by atoms with Crippen LogP contribution in [-0.4, -0.2) is 15.7 Å². The van der Waals surface area contributed by atoms with Crippen molar-refractivity contribution in [3.05, 3.63) is 46.2 Å². The molecule has 0 saturated carbocycles. The predicted molar refractivity (Wildman–Crippen MR) is 72.4 cm³/mol. The third kappa shape index (κ3) is 3.36. The van der Waals surface area contributed by atoms with Crippen LogP contribution >= 0.6 is 11.6 Å². The van der Waals surface area contributed by atoms with E-state index >= 15 is 0 Å². The lowest BCUT2D eigenvalue weighted by molar-refractivity contribution is -0.136. The SMILES string of the molecule is Cc1cc(C(=O)Nc2ccc(Cl)cc2C(F)(F)F)n(C)n1. The maximum atomic E-state index is 12.9. The van der Waals surface area contributed by atoms with Gasteiger partial charge < -0.3 is 5.32 Å². The van der Waals surface area contributed by atoms with Crippen LogP contribution in [0.1, 0.15) is 21.7 Å². The highest BCUT2D eigenvalue weighted by Crippen LogP contribution is 2.36. The molecule has 0 radical (unpaired) electrons. The van der Waals surface area contributed by atoms with E-state index in [0.29, 0.717) is 5.69 Å². The van der Waals surface area contributed by atoms with Crippen molar-refractivity contribution in [2.75, 3.05) is 5.32 Å². The van der Waals surface area contributed by atoms with Crippen LogP contribution < -0.4 is 5.32 Å². The van der Waals surface area contributed by atoms with E-state index in [-0.39, 0.29) is 16.4 Å². The lowest BCUT2D eigenvalue weighted by atomic mass is 10.1. The lowest BCUT2D eigenvalue weighted by Crippen LogP contribution is -2.19. The quantitative estimate of drug-likeness (QED) is 0.919. The molecule has 0 bridgehead atoms. The van der Waals surface area contributed by atoms with Crippen molar-refractivity contribution < 1.29 is 18.0 Å². The van der Waals surface area contributed by atoms with Crippen molar-refractivity contribution in [2.45, 2.75) is 13.1 Å². The number of benzene rings is 1. The van der Waals surface area contributed by atoms with Crippen LogP contribution in [0.2, 0.25) is 5.02 Å². The van der Waals surface area contributed by atoms with E-state index < -0.39 is 17.6 Å². The molecule has 8 heteroatoms. The second-order valence-corrected chi connectivity index (χ2v) is 4.87. The number of aromatic nitrogens is 2. The summed E-state index contributed by atoms with van der Waals surface area (Å²) in [6, 6.07) is 4.65. The molecule has 0 fully saturated rings. The topological polar surface area (TPSA) is 46.9 Å². The normalized spacial score (nSPS) is 11.5. The molecule has 0 unspecified atom stereocenters. The summed E-state index contributed by atoms with van der Waals surface area (Å²) in [6.07, 6.45) is -4.62. The van der Waals surface area contributed by atoms with Gasteiger partial charge in [-0.25, -0.2) is 0 Å². The van der Waals surface area contributed by atoms with Gasteiger partial charge >= 0.3 is 6.18 Å². The second kappa shape index (κ2) is 5.40. The van der Waals surface area contributed by atoms with Crippen molar-refractivity contribution in [2.24, 2.45) is 7.05 Å². The van der Waals surface area contributed by atoms with Gasteiger partial charge in [0.15, 0.2) is 0 Å². The van der Waals surface area contributed by atoms with E-state index in [9.17, 15) is 18.0 Å². The molecule has 0 atom stereocenters. The van der Waals surface area contributed by atoms with Crippen LogP contribution in [0.4, 0.5) is 18.9 Å². The van der Waals surface area contributed by atoms with Crippen LogP contribution in [-0.2, 0) is 13.2 Å². The molecule has 0 aliphatic rings. The summed E-state index contributed by atoms with van der Waals surface area (Å²) in [7, 11) is 1.54. The molecule has 112 valence electrons. The van der Waals surface area contributed by atoms with E-state index in [0.717, 1.165) is 12.1 Å². The zero-order valence-electron chi connectivity index (χ0n) is 11.1. The summed E-state index contributed by atoms with van der Waals surface area (Å²) in [5.41, 5.74) is -0.594. The first-order chi connectivity index (χ1) is 9.68. The summed E-state index contributed by atoms with van der Waals surface area (Å²) < 4.78 is 40.1. The zero-order valence-corrected chi connectivity index (χ0v) is 11.9. The van der Waals surface area contributed by atoms with Crippen molar-refractivity contribution in [3.63, 3.8) is 0 Å². The van der Waals surface area contributed by atoms with Crippen molar-refractivity contribution in [3.8, 4) is 0 Å². The highest BCUT2D eigenvalue weighted by atomic mass is 35.5. The van der Waals surface area contributed by atoms with Crippen LogP contribution in [0, 0.1) is 6.92 Å². The first-order valence-electron chi connectivity index (χ1n) is 5.87. The highest BCUT2D eigenvalue weighted by Gasteiger charge is 2.34. The number of carbonyl (C=O) groups excluding carboxylic acids is 1. The van der Waals surface area contributed by atoms with Gasteiger partial charge in [0.25, 0.3) is 5.91 Å². The first kappa shape index (κ1) is 15.4. The van der Waals surface area contributed by atoms with Gasteiger partial charge in [-0.2, -0.15) is 18.3 Å². The molecule has 1 amide bonds. The number of halogens is 4. The van der Waals surface area contributed by atoms with E-state index in [4.69, 9.17) is 11.6 Å². The molecule has 0 spiro atoms. The molecule has 1 aromatic carbocycles. The van der Waals surface area contributed by atoms with E-state index in [1.807, 2.05) is 0 Å². The molecule has 0 aliphatic heterocycles. The monoisotopic (exact) mass is 317 g/mol. The summed E-state index contributed by atoms with van der Waals surface area (Å²) in [4.78, 5) is 12.0. The van der Waals surface area contributed by atoms with Crippen molar-refractivity contribution >= 4 is 23.2 Å². The fourth-order valence-corrected chi connectivity index (χ4v) is 2.04. The van der Waals surface area contributed by atoms with Crippen LogP contribution in [0.5, 0.6) is 0 Å². The number of nitrogens with one attached hydrogen (secondary N) is 1. The van der Waals surface area contributed by atoms with Gasteiger partial charge in [0.1, 0.15) is 5.69 Å². The van der Waals surface area contributed by atoms with Gasteiger partial charge in [0.05, 0.1) is 16.9 Å². The number of anilines is 1. The Bertz CT molecular complexity index is 694. The zero-order chi connectivity index (χ0) is 15.8. The molecular formula is C13H11ClF3N3O. The van der Waals surface area contributed by atoms with E-state index in [1.165, 1.54) is 23.9 Å². The maximum Gasteiger partial charge on any atom is 0.418 e. The van der Waals surface area contributed by atoms with E-state index in [1.54, 1.807) is 6.92 Å². The van der Waals surface area contributed by atoms with Gasteiger partial charge in [-0.3, -0.25) is 9.48 Å². The number of rotatable bonds is 2. The van der Waals surface area contributed by atoms with E-state index in [2.05, 4.69) is 10.4 Å². The number of hydrogen-bond donors (Lipinski definition) is 1. The van der Waals surface area contributed by atoms with Gasteiger partial charge in [-0.1, -0.05) is 11.6 Å². The molecule has 1 aromatic heterocycles. The molecule has 2 aromatic rings. The van der Waals surface area contributed by atoms with Crippen LogP contribution in [0.15, 0.2) is 24.3 Å². The summed E-state index contributed by atoms with van der Waals surface area (Å²) in [5, 5.41) is 6.15. The Balaban J connectivity index is 2.36. The predicted octanol–water partition coefficient (Wildman–Crippen LogP) is 3.65. The number of amides is 1. The minimum atomic E-state index is -4.62. The summed E-state index contributed by atoms with van der Waals surface area (Å²) in [5.74, 6) is -0.675. The largest absolute Gasteiger partial charge is 0.418 e. The van der Waals surface area contributed by atoms with Gasteiger partial charge in [-0.15, -0.1) is 0 Å². The van der Waals surface area contributed by atoms with Crippen LogP contribution in [0.25, 0.3) is 0 Å². The molecule has 1 N–H and O–H groups in total. The second-order valence-electron chi connectivity index (χ2n) is 4.44. The molecule has 0 saturated heterocycles. The molecular weight excluding hydrogens is 307 g/mol. The number of aryl methyl sites for hydroxylation is 2. The van der Waals surface area contributed by atoms with Crippen molar-refractivity contribution in [1.29, 1.82) is 0 Å². The van der Waals surface area contributed by atoms with Crippen LogP contribution in [0.3, 0.4) is 0 Å². The minimum absolute atomic E-state index is 0.0586. The Morgan fingerprint density at radius 3 is 2.52 bits per heavy atom. The number of alkyl halides is 3. The Morgan fingerprint density at radius 1 is 1.33 bits per heavy atom. The standard InChI is InChI=1S/C13H11ClF3N3O/c1-7-5-11(20(2)19-7)12(21)18-10-4-3-8(14)6-9(10)13(15,16)17/h3-6H,1-2H3,(H,18,21). The van der Waals surface area contributed by atoms with Crippen molar-refractivity contribution in [1.82, 2.24) is 9.78 Å². The lowest BCUT2D eigenvalue weighted by Gasteiger charge is -2.14. The average molecular weight is 318 g/mol. The Kier molecular flexibility index (Phi) is 3.95. The van der Waals surface area contributed by atoms with Gasteiger partial charge in [0.2, 0.25) is 0 Å². The number of nitrogens with zero attached hydrogens (tertiary/aromatic N) is 2. The molecule has 4 nitrogen and oxygen atoms in total.